The predicted molar refractivity (Wildman–Crippen MR) is 130 cm³/mol. The number of rotatable bonds is 5. The third-order valence-electron chi connectivity index (χ3n) is 6.26. The topological polar surface area (TPSA) is 0 Å². The molecule has 0 bridgehead atoms. The summed E-state index contributed by atoms with van der Waals surface area (Å²) in [7, 11) is -2.45. The zero-order chi connectivity index (χ0) is 21.2. The van der Waals surface area contributed by atoms with Crippen molar-refractivity contribution in [3.63, 3.8) is 0 Å². The number of hydrogen-bond donors (Lipinski definition) is 0. The third kappa shape index (κ3) is 4.93. The monoisotopic (exact) mass is 552 g/mol. The minimum absolute atomic E-state index is 0. The second-order valence-electron chi connectivity index (χ2n) is 8.02. The molecule has 1 unspecified atom stereocenters. The fraction of sp³-hybridized carbons (Fsp3) is 0.0345. The maximum atomic E-state index is 2.52. The number of halogens is 3. The van der Waals surface area contributed by atoms with Crippen LogP contribution in [0.15, 0.2) is 140 Å². The van der Waals surface area contributed by atoms with Crippen LogP contribution in [0.2, 0.25) is 3.34 Å². The van der Waals surface area contributed by atoms with Crippen LogP contribution < -0.4 is 52.8 Å². The molecule has 4 aromatic rings. The molecule has 0 amide bonds. The summed E-state index contributed by atoms with van der Waals surface area (Å²) >= 11 is 2.43. The molecule has 0 fully saturated rings. The van der Waals surface area contributed by atoms with Crippen LogP contribution in [0.1, 0.15) is 5.56 Å². The van der Waals surface area contributed by atoms with Gasteiger partial charge in [0.2, 0.25) is 0 Å². The van der Waals surface area contributed by atoms with Gasteiger partial charge in [-0.1, -0.05) is 0 Å². The van der Waals surface area contributed by atoms with Crippen LogP contribution in [-0.2, 0) is 20.4 Å². The van der Waals surface area contributed by atoms with Crippen molar-refractivity contribution >= 4 is 29.2 Å². The molecule has 0 saturated carbocycles. The number of hydrogen-bond acceptors (Lipinski definition) is 0. The Labute approximate surface area is 233 Å². The van der Waals surface area contributed by atoms with E-state index in [0.717, 1.165) is 0 Å². The Bertz CT molecular complexity index is 1130. The molecule has 4 aromatic carbocycles. The van der Waals surface area contributed by atoms with Gasteiger partial charge in [0.15, 0.2) is 0 Å². The van der Waals surface area contributed by atoms with E-state index in [9.17, 15) is 0 Å². The van der Waals surface area contributed by atoms with Crippen molar-refractivity contribution in [1.29, 1.82) is 0 Å². The molecule has 5 rings (SSSR count). The van der Waals surface area contributed by atoms with Gasteiger partial charge in [-0.2, -0.15) is 0 Å². The van der Waals surface area contributed by atoms with E-state index < -0.39 is 8.07 Å². The summed E-state index contributed by atoms with van der Waals surface area (Å²) in [4.78, 5) is 0. The quantitative estimate of drug-likeness (QED) is 0.175. The average molecular weight is 554 g/mol. The molecule has 0 spiro atoms. The van der Waals surface area contributed by atoms with E-state index in [1.807, 2.05) is 0 Å². The molecular weight excluding hydrogens is 531 g/mol. The fourth-order valence-corrected chi connectivity index (χ4v) is 12.5. The van der Waals surface area contributed by atoms with Gasteiger partial charge in [-0.25, -0.2) is 0 Å². The maximum absolute atomic E-state index is 2.52. The van der Waals surface area contributed by atoms with Crippen molar-refractivity contribution in [2.45, 2.75) is 3.34 Å². The average Bonchev–Trinajstić information content (AvgIpc) is 3.25. The zero-order valence-corrected chi connectivity index (χ0v) is 23.2. The van der Waals surface area contributed by atoms with Crippen molar-refractivity contribution in [1.82, 2.24) is 0 Å². The van der Waals surface area contributed by atoms with Gasteiger partial charge in [-0.15, -0.1) is 0 Å². The van der Waals surface area contributed by atoms with Gasteiger partial charge in [-0.3, -0.25) is 0 Å². The summed E-state index contributed by atoms with van der Waals surface area (Å²) in [6, 6.07) is 44.2. The summed E-state index contributed by atoms with van der Waals surface area (Å²) in [6.45, 7) is 0. The van der Waals surface area contributed by atoms with Gasteiger partial charge >= 0.3 is 198 Å². The van der Waals surface area contributed by atoms with Crippen molar-refractivity contribution in [2.24, 2.45) is 0 Å². The van der Waals surface area contributed by atoms with Crippen LogP contribution in [0.3, 0.4) is 0 Å². The van der Waals surface area contributed by atoms with E-state index in [-0.39, 0.29) is 40.6 Å². The Hall–Kier alpha value is -1.84. The first-order valence-electron chi connectivity index (χ1n) is 10.6. The molecule has 1 aliphatic rings. The Balaban J connectivity index is 0.00000136. The van der Waals surface area contributed by atoms with Crippen LogP contribution in [0.25, 0.3) is 5.57 Å². The zero-order valence-electron chi connectivity index (χ0n) is 18.4. The van der Waals surface area contributed by atoms with Crippen molar-refractivity contribution in [3.8, 4) is 0 Å². The SMILES string of the molecule is [Cl-].[Cl-].[Cl-].[Ti+3][C]1([Si](c2ccccc2)(c2ccccc2)c2ccccc2)C=CC(c2ccccc2)=C1. The first-order valence-corrected chi connectivity index (χ1v) is 13.4. The molecular formula is C29H23Cl3SiTi. The Morgan fingerprint density at radius 1 is 0.500 bits per heavy atom. The van der Waals surface area contributed by atoms with Gasteiger partial charge < -0.3 is 37.2 Å². The summed E-state index contributed by atoms with van der Waals surface area (Å²) in [6.07, 6.45) is 7.29. The fourth-order valence-electron chi connectivity index (χ4n) is 4.89. The Morgan fingerprint density at radius 2 is 0.853 bits per heavy atom. The van der Waals surface area contributed by atoms with Crippen LogP contribution in [-0.4, -0.2) is 8.07 Å². The molecule has 0 saturated heterocycles. The first kappa shape index (κ1) is 28.4. The predicted octanol–water partition coefficient (Wildman–Crippen LogP) is -3.93. The van der Waals surface area contributed by atoms with Crippen LogP contribution >= 0.6 is 0 Å². The van der Waals surface area contributed by atoms with E-state index in [0.29, 0.717) is 0 Å². The second-order valence-corrected chi connectivity index (χ2v) is 14.1. The van der Waals surface area contributed by atoms with E-state index in [2.05, 4.69) is 160 Å². The molecule has 1 atom stereocenters. The van der Waals surface area contributed by atoms with Crippen LogP contribution in [0, 0.1) is 0 Å². The summed E-state index contributed by atoms with van der Waals surface area (Å²) < 4.78 is -0.109. The Kier molecular flexibility index (Phi) is 10.2. The summed E-state index contributed by atoms with van der Waals surface area (Å²) in [5.74, 6) is 0. The molecule has 0 aromatic heterocycles. The molecule has 0 radical (unpaired) electrons. The van der Waals surface area contributed by atoms with Crippen molar-refractivity contribution in [3.05, 3.63) is 145 Å². The van der Waals surface area contributed by atoms with E-state index in [4.69, 9.17) is 0 Å². The molecule has 1 aliphatic carbocycles. The van der Waals surface area contributed by atoms with Crippen molar-refractivity contribution < 1.29 is 57.7 Å². The van der Waals surface area contributed by atoms with Gasteiger partial charge in [0.05, 0.1) is 0 Å². The van der Waals surface area contributed by atoms with Crippen molar-refractivity contribution in [2.75, 3.05) is 0 Å². The minimum atomic E-state index is -2.45. The van der Waals surface area contributed by atoms with Gasteiger partial charge in [0, 0.05) is 0 Å². The van der Waals surface area contributed by atoms with E-state index >= 15 is 0 Å². The second kappa shape index (κ2) is 12.2. The van der Waals surface area contributed by atoms with Crippen LogP contribution in [0.5, 0.6) is 0 Å². The molecule has 0 nitrogen and oxygen atoms in total. The molecule has 0 N–H and O–H groups in total. The summed E-state index contributed by atoms with van der Waals surface area (Å²) in [5, 5.41) is 4.31. The molecule has 34 heavy (non-hydrogen) atoms. The molecule has 0 aliphatic heterocycles. The Morgan fingerprint density at radius 3 is 1.24 bits per heavy atom. The molecule has 0 heterocycles. The molecule has 168 valence electrons. The number of benzene rings is 4. The van der Waals surface area contributed by atoms with Gasteiger partial charge in [0.1, 0.15) is 0 Å². The van der Waals surface area contributed by atoms with E-state index in [1.54, 1.807) is 0 Å². The number of allylic oxidation sites excluding steroid dienone is 4. The van der Waals surface area contributed by atoms with E-state index in [1.165, 1.54) is 26.7 Å². The first-order chi connectivity index (χ1) is 15.2. The summed E-state index contributed by atoms with van der Waals surface area (Å²) in [5.41, 5.74) is 2.59. The van der Waals surface area contributed by atoms with Gasteiger partial charge in [-0.05, 0) is 0 Å². The van der Waals surface area contributed by atoms with Crippen LogP contribution in [0.4, 0.5) is 0 Å². The third-order valence-corrected chi connectivity index (χ3v) is 13.6. The normalized spacial score (nSPS) is 16.5. The molecule has 5 heteroatoms. The standard InChI is InChI=1S/C29H23Si.3ClH.Ti/c1-5-13-24(14-6-1)25-21-22-29(23-25)30(26-15-7-2-8-16-26,27-17-9-3-10-18-27)28-19-11-4-12-20-28;;;;/h1-23H;3*1H;/q;;;;+3/p-3. The van der Waals surface area contributed by atoms with Gasteiger partial charge in [0.25, 0.3) is 0 Å².